The second-order valence-corrected chi connectivity index (χ2v) is 5.00. The van der Waals surface area contributed by atoms with Crippen molar-refractivity contribution in [2.45, 2.75) is 45.7 Å². The zero-order chi connectivity index (χ0) is 17.1. The number of rotatable bonds is 1. The summed E-state index contributed by atoms with van der Waals surface area (Å²) in [4.78, 5) is 3.35. The molecule has 2 rings (SSSR count). The first-order chi connectivity index (χ1) is 9.78. The minimum atomic E-state index is -2.76. The fraction of sp³-hybridized carbons (Fsp3) is 0.583. The Bertz CT molecular complexity index is 605. The highest BCUT2D eigenvalue weighted by atomic mass is 19.1. The van der Waals surface area contributed by atoms with Gasteiger partial charge in [-0.2, -0.15) is 4.39 Å². The summed E-state index contributed by atoms with van der Waals surface area (Å²) in [5.74, 6) is -1.16. The van der Waals surface area contributed by atoms with Gasteiger partial charge < -0.3 is 9.31 Å². The van der Waals surface area contributed by atoms with Gasteiger partial charge in [-0.1, -0.05) is 6.04 Å². The number of pyridine rings is 1. The zero-order valence-corrected chi connectivity index (χ0v) is 10.2. The van der Waals surface area contributed by atoms with Gasteiger partial charge in [-0.05, 0) is 40.6 Å². The van der Waals surface area contributed by atoms with Crippen molar-refractivity contribution in [3.8, 4) is 0 Å². The molecule has 1 aliphatic heterocycles. The summed E-state index contributed by atoms with van der Waals surface area (Å²) in [5, 5.41) is 0. The van der Waals surface area contributed by atoms with E-state index in [2.05, 4.69) is 4.98 Å². The van der Waals surface area contributed by atoms with E-state index in [1.54, 1.807) is 27.7 Å². The lowest BCUT2D eigenvalue weighted by Gasteiger charge is -2.32. The van der Waals surface area contributed by atoms with Crippen LogP contribution in [0.4, 0.5) is 4.39 Å². The molecule has 0 atom stereocenters. The van der Waals surface area contributed by atoms with Crippen LogP contribution in [0.2, 0.25) is 0 Å². The third kappa shape index (κ3) is 2.09. The molecule has 0 unspecified atom stereocenters. The molecule has 0 N–H and O–H groups in total. The molecule has 0 aromatic carbocycles. The molecule has 1 saturated heterocycles. The summed E-state index contributed by atoms with van der Waals surface area (Å²) in [7, 11) is -1.21. The number of aryl methyl sites for hydroxylation is 1. The van der Waals surface area contributed by atoms with E-state index in [4.69, 9.17) is 16.2 Å². The maximum atomic E-state index is 14.3. The van der Waals surface area contributed by atoms with Gasteiger partial charge in [0, 0.05) is 15.3 Å². The molecule has 1 fully saturated rings. The van der Waals surface area contributed by atoms with Gasteiger partial charge in [0.05, 0.1) is 13.9 Å². The van der Waals surface area contributed by atoms with Crippen LogP contribution in [0.15, 0.2) is 12.1 Å². The van der Waals surface area contributed by atoms with Gasteiger partial charge in [0.1, 0.15) is 0 Å². The Kier molecular flexibility index (Phi) is 1.67. The maximum Gasteiger partial charge on any atom is 0.499 e. The predicted octanol–water partition coefficient (Wildman–Crippen LogP) is 1.83. The third-order valence-electron chi connectivity index (χ3n) is 3.24. The normalized spacial score (nSPS) is 26.9. The number of hydrogen-bond donors (Lipinski definition) is 0. The van der Waals surface area contributed by atoms with Gasteiger partial charge in [-0.25, -0.2) is 4.98 Å². The molecule has 0 bridgehead atoms. The van der Waals surface area contributed by atoms with Gasteiger partial charge in [0.25, 0.3) is 0 Å². The maximum absolute atomic E-state index is 14.3. The standard InChI is InChI=1S/C12H17BFNO2/c1-8-6-7-9(10(14)15-8)13-16-11(2,3)12(4,5)17-13/h6-7H,1-5H3/i1D3,6D,7D. The number of nitrogens with zero attached hydrogens (tertiary/aromatic N) is 1. The Hall–Kier alpha value is -0.935. The molecule has 2 heterocycles. The van der Waals surface area contributed by atoms with Crippen LogP contribution < -0.4 is 5.46 Å². The van der Waals surface area contributed by atoms with Crippen molar-refractivity contribution in [1.29, 1.82) is 0 Å². The van der Waals surface area contributed by atoms with E-state index < -0.39 is 48.9 Å². The van der Waals surface area contributed by atoms with Crippen LogP contribution in [0.1, 0.15) is 40.2 Å². The summed E-state index contributed by atoms with van der Waals surface area (Å²) in [5.41, 5.74) is -2.59. The van der Waals surface area contributed by atoms with Crippen LogP contribution in [0.5, 0.6) is 0 Å². The van der Waals surface area contributed by atoms with Crippen molar-refractivity contribution in [2.75, 3.05) is 0 Å². The van der Waals surface area contributed by atoms with E-state index in [1.165, 1.54) is 0 Å². The van der Waals surface area contributed by atoms with E-state index in [0.717, 1.165) is 0 Å². The Balaban J connectivity index is 2.54. The molecule has 5 heteroatoms. The highest BCUT2D eigenvalue weighted by molar-refractivity contribution is 6.62. The molecular formula is C12H17BFNO2. The van der Waals surface area contributed by atoms with Crippen molar-refractivity contribution in [3.63, 3.8) is 0 Å². The number of hydrogen-bond acceptors (Lipinski definition) is 3. The largest absolute Gasteiger partial charge is 0.499 e. The molecule has 3 nitrogen and oxygen atoms in total. The number of aromatic nitrogens is 1. The monoisotopic (exact) mass is 242 g/mol. The molecule has 0 aliphatic carbocycles. The lowest BCUT2D eigenvalue weighted by atomic mass is 9.80. The van der Waals surface area contributed by atoms with E-state index in [-0.39, 0.29) is 5.46 Å². The van der Waals surface area contributed by atoms with Gasteiger partial charge in [0.15, 0.2) is 0 Å². The van der Waals surface area contributed by atoms with E-state index in [9.17, 15) is 4.39 Å². The van der Waals surface area contributed by atoms with Crippen molar-refractivity contribution in [2.24, 2.45) is 0 Å². The fourth-order valence-electron chi connectivity index (χ4n) is 1.48. The van der Waals surface area contributed by atoms with E-state index in [0.29, 0.717) is 0 Å². The topological polar surface area (TPSA) is 31.4 Å². The summed E-state index contributed by atoms with van der Waals surface area (Å²) in [6, 6.07) is -1.23. The summed E-state index contributed by atoms with van der Waals surface area (Å²) < 4.78 is 63.0. The van der Waals surface area contributed by atoms with Gasteiger partial charge in [-0.3, -0.25) is 0 Å². The molecule has 17 heavy (non-hydrogen) atoms. The highest BCUT2D eigenvalue weighted by Gasteiger charge is 2.52. The van der Waals surface area contributed by atoms with Gasteiger partial charge >= 0.3 is 7.12 Å². The van der Waals surface area contributed by atoms with Gasteiger partial charge in [0.2, 0.25) is 5.95 Å². The molecule has 1 aliphatic rings. The van der Waals surface area contributed by atoms with Crippen LogP contribution in [-0.2, 0) is 9.31 Å². The molecule has 0 radical (unpaired) electrons. The molecule has 1 aromatic rings. The highest BCUT2D eigenvalue weighted by Crippen LogP contribution is 2.36. The SMILES string of the molecule is [2H]c1c(C([2H])([2H])[2H])nc(F)c(B2OC(C)(C)C(C)(C)O2)c1[2H]. The lowest BCUT2D eigenvalue weighted by molar-refractivity contribution is 0.00578. The quantitative estimate of drug-likeness (QED) is 0.556. The van der Waals surface area contributed by atoms with Crippen molar-refractivity contribution < 1.29 is 20.6 Å². The van der Waals surface area contributed by atoms with Crippen molar-refractivity contribution >= 4 is 12.6 Å². The minimum absolute atomic E-state index is 0.350. The molecule has 1 aromatic heterocycles. The Labute approximate surface area is 109 Å². The second kappa shape index (κ2) is 3.78. The first kappa shape index (κ1) is 7.49. The molecule has 0 saturated carbocycles. The summed E-state index contributed by atoms with van der Waals surface area (Å²) >= 11 is 0. The van der Waals surface area contributed by atoms with Crippen LogP contribution in [0, 0.1) is 12.8 Å². The summed E-state index contributed by atoms with van der Waals surface area (Å²) in [6.45, 7) is 4.30. The molecule has 0 amide bonds. The Morgan fingerprint density at radius 3 is 2.41 bits per heavy atom. The molecule has 92 valence electrons. The first-order valence-corrected chi connectivity index (χ1v) is 5.30. The van der Waals surface area contributed by atoms with Crippen LogP contribution in [0.25, 0.3) is 0 Å². The predicted molar refractivity (Wildman–Crippen MR) is 64.6 cm³/mol. The van der Waals surface area contributed by atoms with Crippen molar-refractivity contribution in [1.82, 2.24) is 4.98 Å². The van der Waals surface area contributed by atoms with Gasteiger partial charge in [-0.15, -0.1) is 0 Å². The van der Waals surface area contributed by atoms with Crippen LogP contribution in [-0.4, -0.2) is 23.3 Å². The lowest BCUT2D eigenvalue weighted by Crippen LogP contribution is -2.41. The average Bonchev–Trinajstić information content (AvgIpc) is 2.51. The van der Waals surface area contributed by atoms with E-state index in [1.807, 2.05) is 0 Å². The summed E-state index contributed by atoms with van der Waals surface area (Å²) in [6.07, 6.45) is 0. The smallest absolute Gasteiger partial charge is 0.399 e. The number of halogens is 1. The Morgan fingerprint density at radius 1 is 1.29 bits per heavy atom. The van der Waals surface area contributed by atoms with Crippen molar-refractivity contribution in [3.05, 3.63) is 23.7 Å². The molecular weight excluding hydrogens is 220 g/mol. The Morgan fingerprint density at radius 2 is 1.88 bits per heavy atom. The van der Waals surface area contributed by atoms with E-state index >= 15 is 0 Å². The third-order valence-corrected chi connectivity index (χ3v) is 3.24. The molecule has 0 spiro atoms. The fourth-order valence-corrected chi connectivity index (χ4v) is 1.48. The first-order valence-electron chi connectivity index (χ1n) is 7.80. The second-order valence-electron chi connectivity index (χ2n) is 5.00. The zero-order valence-electron chi connectivity index (χ0n) is 15.2. The van der Waals surface area contributed by atoms with Crippen LogP contribution in [0.3, 0.4) is 0 Å². The minimum Gasteiger partial charge on any atom is -0.399 e. The average molecular weight is 242 g/mol. The van der Waals surface area contributed by atoms with Crippen LogP contribution >= 0.6 is 0 Å².